The summed E-state index contributed by atoms with van der Waals surface area (Å²) in [5.41, 5.74) is 0. The Morgan fingerprint density at radius 1 is 1.40 bits per heavy atom. The number of hydrogen-bond acceptors (Lipinski definition) is 5. The Labute approximate surface area is 148 Å². The molecular formula is C16H26N4O4S. The minimum Gasteiger partial charge on any atom is -0.459 e. The number of rotatable bonds is 5. The van der Waals surface area contributed by atoms with Gasteiger partial charge < -0.3 is 20.0 Å². The van der Waals surface area contributed by atoms with Crippen LogP contribution in [0.5, 0.6) is 0 Å². The van der Waals surface area contributed by atoms with E-state index < -0.39 is 14.6 Å². The maximum atomic E-state index is 12.1. The van der Waals surface area contributed by atoms with E-state index in [0.717, 1.165) is 0 Å². The van der Waals surface area contributed by atoms with E-state index in [0.29, 0.717) is 38.7 Å². The summed E-state index contributed by atoms with van der Waals surface area (Å²) in [6.45, 7) is 7.67. The highest BCUT2D eigenvalue weighted by molar-refractivity contribution is 7.92. The van der Waals surface area contributed by atoms with Crippen LogP contribution in [0.4, 0.5) is 0 Å². The molecule has 1 saturated heterocycles. The van der Waals surface area contributed by atoms with Crippen LogP contribution < -0.4 is 10.6 Å². The van der Waals surface area contributed by atoms with Crippen molar-refractivity contribution in [1.82, 2.24) is 15.5 Å². The van der Waals surface area contributed by atoms with Crippen molar-refractivity contribution in [3.05, 3.63) is 24.2 Å². The van der Waals surface area contributed by atoms with Gasteiger partial charge in [0.2, 0.25) is 0 Å². The van der Waals surface area contributed by atoms with Crippen LogP contribution in [-0.4, -0.2) is 68.4 Å². The number of nitrogens with one attached hydrogen (secondary N) is 2. The molecule has 2 rings (SSSR count). The standard InChI is InChI=1S/C16H26N4O4S/c1-4-17-15(20-9-11-25(22,23)16(2,3)12-20)19-8-7-18-14(21)13-6-5-10-24-13/h5-6,10H,4,7-9,11-12H2,1-3H3,(H,17,19)(H,18,21). The number of furan rings is 1. The second-order valence-electron chi connectivity index (χ2n) is 6.47. The largest absolute Gasteiger partial charge is 0.459 e. The zero-order chi connectivity index (χ0) is 18.5. The third kappa shape index (κ3) is 4.75. The smallest absolute Gasteiger partial charge is 0.287 e. The SMILES string of the molecule is CCNC(=NCCNC(=O)c1ccco1)N1CCS(=O)(=O)C(C)(C)C1. The summed E-state index contributed by atoms with van der Waals surface area (Å²) >= 11 is 0. The van der Waals surface area contributed by atoms with Crippen molar-refractivity contribution >= 4 is 21.7 Å². The summed E-state index contributed by atoms with van der Waals surface area (Å²) in [7, 11) is -3.10. The molecule has 1 fully saturated rings. The molecule has 140 valence electrons. The number of carbonyl (C=O) groups is 1. The van der Waals surface area contributed by atoms with Crippen LogP contribution in [0.3, 0.4) is 0 Å². The van der Waals surface area contributed by atoms with Crippen LogP contribution in [0, 0.1) is 0 Å². The van der Waals surface area contributed by atoms with E-state index in [4.69, 9.17) is 4.42 Å². The van der Waals surface area contributed by atoms with Crippen molar-refractivity contribution in [2.75, 3.05) is 38.5 Å². The highest BCUT2D eigenvalue weighted by atomic mass is 32.2. The van der Waals surface area contributed by atoms with Crippen LogP contribution in [0.2, 0.25) is 0 Å². The first-order valence-corrected chi connectivity index (χ1v) is 9.99. The highest BCUT2D eigenvalue weighted by Gasteiger charge is 2.40. The third-order valence-electron chi connectivity index (χ3n) is 4.08. The molecule has 1 amide bonds. The van der Waals surface area contributed by atoms with Crippen LogP contribution in [-0.2, 0) is 9.84 Å². The van der Waals surface area contributed by atoms with Gasteiger partial charge in [-0.05, 0) is 32.9 Å². The van der Waals surface area contributed by atoms with E-state index >= 15 is 0 Å². The molecule has 0 aliphatic carbocycles. The van der Waals surface area contributed by atoms with E-state index in [9.17, 15) is 13.2 Å². The molecule has 1 aliphatic rings. The average Bonchev–Trinajstić information content (AvgIpc) is 3.07. The van der Waals surface area contributed by atoms with Gasteiger partial charge in [0, 0.05) is 26.2 Å². The van der Waals surface area contributed by atoms with Crippen molar-refractivity contribution in [1.29, 1.82) is 0 Å². The molecule has 8 nitrogen and oxygen atoms in total. The maximum Gasteiger partial charge on any atom is 0.287 e. The molecule has 1 aliphatic heterocycles. The molecule has 0 spiro atoms. The van der Waals surface area contributed by atoms with Crippen molar-refractivity contribution in [3.63, 3.8) is 0 Å². The first-order chi connectivity index (χ1) is 11.8. The lowest BCUT2D eigenvalue weighted by atomic mass is 10.2. The van der Waals surface area contributed by atoms with Crippen LogP contribution >= 0.6 is 0 Å². The minimum absolute atomic E-state index is 0.111. The lowest BCUT2D eigenvalue weighted by Crippen LogP contribution is -2.57. The third-order valence-corrected chi connectivity index (χ3v) is 6.61. The number of guanidine groups is 1. The molecule has 1 aromatic rings. The van der Waals surface area contributed by atoms with Crippen LogP contribution in [0.15, 0.2) is 27.8 Å². The predicted molar refractivity (Wildman–Crippen MR) is 96.5 cm³/mol. The molecule has 0 bridgehead atoms. The molecule has 1 aromatic heterocycles. The van der Waals surface area contributed by atoms with E-state index in [2.05, 4.69) is 15.6 Å². The van der Waals surface area contributed by atoms with Gasteiger partial charge in [0.25, 0.3) is 5.91 Å². The Kier molecular flexibility index (Phi) is 6.10. The van der Waals surface area contributed by atoms with Crippen LogP contribution in [0.25, 0.3) is 0 Å². The second-order valence-corrected chi connectivity index (χ2v) is 9.21. The quantitative estimate of drug-likeness (QED) is 0.444. The number of sulfone groups is 1. The van der Waals surface area contributed by atoms with E-state index in [1.165, 1.54) is 6.26 Å². The molecule has 9 heteroatoms. The summed E-state index contributed by atoms with van der Waals surface area (Å²) < 4.78 is 28.5. The fourth-order valence-electron chi connectivity index (χ4n) is 2.58. The van der Waals surface area contributed by atoms with Gasteiger partial charge in [0.05, 0.1) is 23.3 Å². The Morgan fingerprint density at radius 2 is 2.16 bits per heavy atom. The molecule has 0 saturated carbocycles. The Balaban J connectivity index is 1.93. The molecule has 0 radical (unpaired) electrons. The second kappa shape index (κ2) is 7.90. The van der Waals surface area contributed by atoms with Crippen LogP contribution in [0.1, 0.15) is 31.3 Å². The Bertz CT molecular complexity index is 711. The number of carbonyl (C=O) groups excluding carboxylic acids is 1. The highest BCUT2D eigenvalue weighted by Crippen LogP contribution is 2.23. The molecule has 0 unspecified atom stereocenters. The summed E-state index contributed by atoms with van der Waals surface area (Å²) in [6, 6.07) is 3.25. The minimum atomic E-state index is -3.10. The molecule has 0 atom stereocenters. The monoisotopic (exact) mass is 370 g/mol. The van der Waals surface area contributed by atoms with Gasteiger partial charge in [-0.3, -0.25) is 9.79 Å². The topological polar surface area (TPSA) is 104 Å². The van der Waals surface area contributed by atoms with E-state index in [-0.39, 0.29) is 17.4 Å². The van der Waals surface area contributed by atoms with Crippen molar-refractivity contribution in [2.24, 2.45) is 4.99 Å². The first kappa shape index (κ1) is 19.3. The Morgan fingerprint density at radius 3 is 2.76 bits per heavy atom. The average molecular weight is 370 g/mol. The predicted octanol–water partition coefficient (Wildman–Crippen LogP) is 0.484. The maximum absolute atomic E-state index is 12.1. The van der Waals surface area contributed by atoms with Gasteiger partial charge in [0.1, 0.15) is 0 Å². The number of amides is 1. The zero-order valence-corrected chi connectivity index (χ0v) is 15.7. The van der Waals surface area contributed by atoms with Crippen molar-refractivity contribution < 1.29 is 17.6 Å². The van der Waals surface area contributed by atoms with Gasteiger partial charge in [-0.2, -0.15) is 0 Å². The fraction of sp³-hybridized carbons (Fsp3) is 0.625. The molecule has 0 aromatic carbocycles. The Hall–Kier alpha value is -2.03. The molecule has 2 heterocycles. The number of nitrogens with zero attached hydrogens (tertiary/aromatic N) is 2. The lowest BCUT2D eigenvalue weighted by Gasteiger charge is -2.39. The number of hydrogen-bond donors (Lipinski definition) is 2. The number of aliphatic imine (C=N–C) groups is 1. The van der Waals surface area contributed by atoms with Crippen molar-refractivity contribution in [2.45, 2.75) is 25.5 Å². The first-order valence-electron chi connectivity index (χ1n) is 8.34. The van der Waals surface area contributed by atoms with Gasteiger partial charge in [-0.15, -0.1) is 0 Å². The van der Waals surface area contributed by atoms with Gasteiger partial charge in [0.15, 0.2) is 21.6 Å². The molecule has 2 N–H and O–H groups in total. The van der Waals surface area contributed by atoms with Gasteiger partial charge in [-0.1, -0.05) is 0 Å². The lowest BCUT2D eigenvalue weighted by molar-refractivity contribution is 0.0927. The van der Waals surface area contributed by atoms with Gasteiger partial charge >= 0.3 is 0 Å². The van der Waals surface area contributed by atoms with E-state index in [1.54, 1.807) is 26.0 Å². The zero-order valence-electron chi connectivity index (χ0n) is 14.9. The normalized spacial score (nSPS) is 19.5. The molecule has 25 heavy (non-hydrogen) atoms. The summed E-state index contributed by atoms with van der Waals surface area (Å²) in [5.74, 6) is 0.756. The van der Waals surface area contributed by atoms with E-state index in [1.807, 2.05) is 11.8 Å². The van der Waals surface area contributed by atoms with Gasteiger partial charge in [-0.25, -0.2) is 8.42 Å². The fourth-order valence-corrected chi connectivity index (χ4v) is 3.94. The summed E-state index contributed by atoms with van der Waals surface area (Å²) in [4.78, 5) is 18.2. The molecular weight excluding hydrogens is 344 g/mol. The van der Waals surface area contributed by atoms with Crippen molar-refractivity contribution in [3.8, 4) is 0 Å². The summed E-state index contributed by atoms with van der Waals surface area (Å²) in [5, 5.41) is 5.92. The summed E-state index contributed by atoms with van der Waals surface area (Å²) in [6.07, 6.45) is 1.45.